The summed E-state index contributed by atoms with van der Waals surface area (Å²) < 4.78 is 3.85. The second-order valence-electron chi connectivity index (χ2n) is 7.33. The van der Waals surface area contributed by atoms with Gasteiger partial charge < -0.3 is 14.8 Å². The van der Waals surface area contributed by atoms with E-state index >= 15 is 0 Å². The number of nitrogens with one attached hydrogen (secondary N) is 1. The number of piperidine rings is 1. The van der Waals surface area contributed by atoms with Gasteiger partial charge in [-0.25, -0.2) is 9.97 Å². The van der Waals surface area contributed by atoms with Gasteiger partial charge in [-0.05, 0) is 30.9 Å². The molecule has 1 N–H and O–H groups in total. The Labute approximate surface area is 164 Å². The van der Waals surface area contributed by atoms with Crippen molar-refractivity contribution in [3.63, 3.8) is 0 Å². The van der Waals surface area contributed by atoms with E-state index in [1.54, 1.807) is 17.1 Å². The molecular formula is C20H25N7O. The third kappa shape index (κ3) is 4.39. The molecular weight excluding hydrogens is 354 g/mol. The summed E-state index contributed by atoms with van der Waals surface area (Å²) in [6.07, 6.45) is 13.2. The molecule has 0 bridgehead atoms. The fourth-order valence-electron chi connectivity index (χ4n) is 3.65. The van der Waals surface area contributed by atoms with Crippen LogP contribution in [0.4, 0.5) is 5.82 Å². The quantitative estimate of drug-likeness (QED) is 0.710. The first kappa shape index (κ1) is 18.2. The lowest BCUT2D eigenvalue weighted by molar-refractivity contribution is 0.0662. The van der Waals surface area contributed by atoms with Crippen LogP contribution >= 0.6 is 0 Å². The normalized spacial score (nSPS) is 16.9. The lowest BCUT2D eigenvalue weighted by Crippen LogP contribution is -2.41. The van der Waals surface area contributed by atoms with Gasteiger partial charge >= 0.3 is 0 Å². The van der Waals surface area contributed by atoms with Gasteiger partial charge in [-0.3, -0.25) is 9.48 Å². The van der Waals surface area contributed by atoms with E-state index in [2.05, 4.69) is 25.0 Å². The van der Waals surface area contributed by atoms with E-state index in [0.717, 1.165) is 43.9 Å². The molecule has 1 amide bonds. The van der Waals surface area contributed by atoms with Crippen molar-refractivity contribution < 1.29 is 4.79 Å². The third-order valence-corrected chi connectivity index (χ3v) is 5.08. The predicted molar refractivity (Wildman–Crippen MR) is 106 cm³/mol. The molecule has 1 fully saturated rings. The van der Waals surface area contributed by atoms with Crippen LogP contribution < -0.4 is 5.32 Å². The highest BCUT2D eigenvalue weighted by Gasteiger charge is 2.24. The maximum absolute atomic E-state index is 12.9. The number of pyridine rings is 1. The van der Waals surface area contributed by atoms with Gasteiger partial charge in [0.25, 0.3) is 5.91 Å². The molecule has 1 saturated heterocycles. The van der Waals surface area contributed by atoms with Crippen molar-refractivity contribution >= 4 is 11.7 Å². The van der Waals surface area contributed by atoms with Crippen molar-refractivity contribution in [2.45, 2.75) is 25.9 Å². The van der Waals surface area contributed by atoms with Crippen LogP contribution in [0.5, 0.6) is 0 Å². The van der Waals surface area contributed by atoms with E-state index in [1.165, 1.54) is 0 Å². The molecule has 8 heteroatoms. The molecule has 0 radical (unpaired) electrons. The number of hydrogen-bond acceptors (Lipinski definition) is 5. The highest BCUT2D eigenvalue weighted by Crippen LogP contribution is 2.20. The molecule has 146 valence electrons. The van der Waals surface area contributed by atoms with Crippen molar-refractivity contribution in [1.82, 2.24) is 29.2 Å². The van der Waals surface area contributed by atoms with Crippen LogP contribution in [0.1, 0.15) is 28.8 Å². The summed E-state index contributed by atoms with van der Waals surface area (Å²) >= 11 is 0. The van der Waals surface area contributed by atoms with Crippen LogP contribution in [-0.2, 0) is 20.1 Å². The summed E-state index contributed by atoms with van der Waals surface area (Å²) in [5.74, 6) is 1.26. The van der Waals surface area contributed by atoms with Gasteiger partial charge in [0.2, 0.25) is 0 Å². The number of likely N-dealkylation sites (tertiary alicyclic amines) is 1. The topological polar surface area (TPSA) is 80.9 Å². The van der Waals surface area contributed by atoms with Crippen LogP contribution in [0, 0.1) is 5.92 Å². The number of rotatable bonds is 6. The van der Waals surface area contributed by atoms with Crippen molar-refractivity contribution in [2.75, 3.05) is 18.4 Å². The van der Waals surface area contributed by atoms with Crippen molar-refractivity contribution in [3.05, 3.63) is 60.6 Å². The molecule has 1 aliphatic heterocycles. The SMILES string of the molecule is Cn1cc(CNc2ccc(C(=O)N3CCC[C@@H](Cn4ccnc4)C3)cn2)cn1. The Morgan fingerprint density at radius 2 is 2.25 bits per heavy atom. The van der Waals surface area contributed by atoms with Crippen LogP contribution in [-0.4, -0.2) is 48.2 Å². The molecule has 8 nitrogen and oxygen atoms in total. The minimum absolute atomic E-state index is 0.0571. The molecule has 28 heavy (non-hydrogen) atoms. The van der Waals surface area contributed by atoms with E-state index in [9.17, 15) is 4.79 Å². The lowest BCUT2D eigenvalue weighted by Gasteiger charge is -2.33. The van der Waals surface area contributed by atoms with Gasteiger partial charge in [0.15, 0.2) is 0 Å². The minimum atomic E-state index is 0.0571. The van der Waals surface area contributed by atoms with Gasteiger partial charge in [0.05, 0.1) is 18.1 Å². The van der Waals surface area contributed by atoms with Crippen molar-refractivity contribution in [2.24, 2.45) is 13.0 Å². The maximum atomic E-state index is 12.9. The van der Waals surface area contributed by atoms with Crippen LogP contribution in [0.15, 0.2) is 49.4 Å². The maximum Gasteiger partial charge on any atom is 0.255 e. The summed E-state index contributed by atoms with van der Waals surface area (Å²) in [5, 5.41) is 7.40. The Hall–Kier alpha value is -3.16. The molecule has 3 aromatic heterocycles. The first-order valence-corrected chi connectivity index (χ1v) is 9.60. The van der Waals surface area contributed by atoms with Gasteiger partial charge in [-0.2, -0.15) is 5.10 Å². The molecule has 0 aliphatic carbocycles. The number of nitrogens with zero attached hydrogens (tertiary/aromatic N) is 6. The number of hydrogen-bond donors (Lipinski definition) is 1. The average molecular weight is 379 g/mol. The zero-order valence-corrected chi connectivity index (χ0v) is 16.0. The summed E-state index contributed by atoms with van der Waals surface area (Å²) in [5.41, 5.74) is 1.72. The molecule has 0 saturated carbocycles. The van der Waals surface area contributed by atoms with Gasteiger partial charge in [-0.15, -0.1) is 0 Å². The molecule has 4 heterocycles. The van der Waals surface area contributed by atoms with Gasteiger partial charge in [-0.1, -0.05) is 0 Å². The van der Waals surface area contributed by atoms with E-state index in [1.807, 2.05) is 49.0 Å². The number of carbonyl (C=O) groups is 1. The zero-order chi connectivity index (χ0) is 19.3. The van der Waals surface area contributed by atoms with Crippen molar-refractivity contribution in [1.29, 1.82) is 0 Å². The summed E-state index contributed by atoms with van der Waals surface area (Å²) in [6.45, 7) is 3.13. The highest BCUT2D eigenvalue weighted by atomic mass is 16.2. The summed E-state index contributed by atoms with van der Waals surface area (Å²) in [4.78, 5) is 23.3. The second-order valence-corrected chi connectivity index (χ2v) is 7.33. The molecule has 4 rings (SSSR count). The first-order valence-electron chi connectivity index (χ1n) is 9.60. The van der Waals surface area contributed by atoms with Crippen molar-refractivity contribution in [3.8, 4) is 0 Å². The largest absolute Gasteiger partial charge is 0.366 e. The number of imidazole rings is 1. The Kier molecular flexibility index (Phi) is 5.36. The Morgan fingerprint density at radius 1 is 1.32 bits per heavy atom. The minimum Gasteiger partial charge on any atom is -0.366 e. The Balaban J connectivity index is 1.33. The van der Waals surface area contributed by atoms with Gasteiger partial charge in [0.1, 0.15) is 5.82 Å². The fraction of sp³-hybridized carbons (Fsp3) is 0.400. The smallest absolute Gasteiger partial charge is 0.255 e. The van der Waals surface area contributed by atoms with E-state index in [4.69, 9.17) is 0 Å². The molecule has 1 aliphatic rings. The lowest BCUT2D eigenvalue weighted by atomic mass is 9.97. The van der Waals surface area contributed by atoms with E-state index < -0.39 is 0 Å². The molecule has 1 atom stereocenters. The summed E-state index contributed by atoms with van der Waals surface area (Å²) in [6, 6.07) is 3.71. The standard InChI is InChI=1S/C20H25N7O/c1-25-12-17(10-24-25)9-22-19-5-4-18(11-23-19)20(28)27-7-2-3-16(14-27)13-26-8-6-21-15-26/h4-6,8,10-12,15-16H,2-3,7,9,13-14H2,1H3,(H,22,23)/t16-/m0/s1. The fourth-order valence-corrected chi connectivity index (χ4v) is 3.65. The van der Waals surface area contributed by atoms with Crippen LogP contribution in [0.3, 0.4) is 0 Å². The third-order valence-electron chi connectivity index (χ3n) is 5.08. The van der Waals surface area contributed by atoms with E-state index in [-0.39, 0.29) is 5.91 Å². The highest BCUT2D eigenvalue weighted by molar-refractivity contribution is 5.94. The van der Waals surface area contributed by atoms with Crippen LogP contribution in [0.25, 0.3) is 0 Å². The Morgan fingerprint density at radius 3 is 2.96 bits per heavy atom. The summed E-state index contributed by atoms with van der Waals surface area (Å²) in [7, 11) is 1.89. The van der Waals surface area contributed by atoms with Crippen LogP contribution in [0.2, 0.25) is 0 Å². The number of aryl methyl sites for hydroxylation is 1. The average Bonchev–Trinajstić information content (AvgIpc) is 3.38. The molecule has 0 spiro atoms. The number of aromatic nitrogens is 5. The second kappa shape index (κ2) is 8.24. The molecule has 0 unspecified atom stereocenters. The van der Waals surface area contributed by atoms with E-state index in [0.29, 0.717) is 18.0 Å². The number of anilines is 1. The molecule has 3 aromatic rings. The monoisotopic (exact) mass is 379 g/mol. The number of carbonyl (C=O) groups excluding carboxylic acids is 1. The first-order chi connectivity index (χ1) is 13.7. The zero-order valence-electron chi connectivity index (χ0n) is 16.0. The molecule has 0 aromatic carbocycles. The predicted octanol–water partition coefficient (Wildman–Crippen LogP) is 2.18. The Bertz CT molecular complexity index is 901. The number of amides is 1. The van der Waals surface area contributed by atoms with Gasteiger partial charge in [0, 0.05) is 63.6 Å².